The zero-order valence-corrected chi connectivity index (χ0v) is 13.9. The standard InChI is InChI=1S/C19H14ClN5/c20-14-8-6-12(7-9-14)16-10-17-23-19(22)15(11-21)18(25(17)24-16)13-4-2-1-3-5-13/h1-10,18,23H,22H2. The molecule has 122 valence electrons. The SMILES string of the molecule is N#CC1=C(N)Nc2cc(-c3ccc(Cl)cc3)nn2C1c1ccccc1. The molecule has 2 aromatic carbocycles. The summed E-state index contributed by atoms with van der Waals surface area (Å²) < 4.78 is 1.80. The molecule has 0 spiro atoms. The van der Waals surface area contributed by atoms with Crippen LogP contribution in [0.3, 0.4) is 0 Å². The van der Waals surface area contributed by atoms with E-state index in [1.54, 1.807) is 4.68 Å². The molecule has 3 aromatic rings. The van der Waals surface area contributed by atoms with E-state index in [1.807, 2.05) is 60.7 Å². The maximum Gasteiger partial charge on any atom is 0.131 e. The molecule has 0 aliphatic carbocycles. The number of nitriles is 1. The van der Waals surface area contributed by atoms with E-state index in [-0.39, 0.29) is 6.04 Å². The lowest BCUT2D eigenvalue weighted by molar-refractivity contribution is 0.588. The fourth-order valence-corrected chi connectivity index (χ4v) is 3.11. The maximum absolute atomic E-state index is 9.59. The molecular weight excluding hydrogens is 334 g/mol. The molecule has 6 heteroatoms. The first-order valence-corrected chi connectivity index (χ1v) is 8.12. The Hall–Kier alpha value is -3.23. The number of aromatic nitrogens is 2. The largest absolute Gasteiger partial charge is 0.384 e. The molecule has 0 bridgehead atoms. The van der Waals surface area contributed by atoms with Gasteiger partial charge in [-0.1, -0.05) is 54.1 Å². The van der Waals surface area contributed by atoms with Gasteiger partial charge in [0.05, 0.1) is 11.3 Å². The smallest absolute Gasteiger partial charge is 0.131 e. The number of nitrogens with zero attached hydrogens (tertiary/aromatic N) is 3. The van der Waals surface area contributed by atoms with Gasteiger partial charge in [-0.3, -0.25) is 0 Å². The summed E-state index contributed by atoms with van der Waals surface area (Å²) in [6.07, 6.45) is 0. The Balaban J connectivity index is 1.86. The third-order valence-corrected chi connectivity index (χ3v) is 4.43. The highest BCUT2D eigenvalue weighted by atomic mass is 35.5. The summed E-state index contributed by atoms with van der Waals surface area (Å²) in [5, 5.41) is 18.0. The van der Waals surface area contributed by atoms with Gasteiger partial charge in [0, 0.05) is 16.7 Å². The number of halogens is 1. The minimum absolute atomic E-state index is 0.353. The van der Waals surface area contributed by atoms with E-state index in [2.05, 4.69) is 11.4 Å². The number of nitrogens with two attached hydrogens (primary N) is 1. The Bertz CT molecular complexity index is 997. The first-order valence-electron chi connectivity index (χ1n) is 7.74. The van der Waals surface area contributed by atoms with Crippen molar-refractivity contribution in [2.24, 2.45) is 5.73 Å². The van der Waals surface area contributed by atoms with Crippen LogP contribution in [0.1, 0.15) is 11.6 Å². The Kier molecular flexibility index (Phi) is 3.68. The number of anilines is 1. The summed E-state index contributed by atoms with van der Waals surface area (Å²) in [5.41, 5.74) is 9.22. The molecule has 0 radical (unpaired) electrons. The third kappa shape index (κ3) is 2.63. The summed E-state index contributed by atoms with van der Waals surface area (Å²) in [6, 6.07) is 21.0. The molecule has 0 saturated carbocycles. The predicted molar refractivity (Wildman–Crippen MR) is 97.7 cm³/mol. The molecule has 1 aliphatic heterocycles. The summed E-state index contributed by atoms with van der Waals surface area (Å²) in [6.45, 7) is 0. The van der Waals surface area contributed by atoms with Gasteiger partial charge in [0.1, 0.15) is 23.7 Å². The number of nitrogens with one attached hydrogen (secondary N) is 1. The fourth-order valence-electron chi connectivity index (χ4n) is 2.99. The zero-order valence-electron chi connectivity index (χ0n) is 13.1. The van der Waals surface area contributed by atoms with Gasteiger partial charge >= 0.3 is 0 Å². The van der Waals surface area contributed by atoms with Crippen LogP contribution >= 0.6 is 11.6 Å². The number of fused-ring (bicyclic) bond motifs is 1. The van der Waals surface area contributed by atoms with Crippen molar-refractivity contribution in [3.8, 4) is 17.3 Å². The molecule has 3 N–H and O–H groups in total. The first-order chi connectivity index (χ1) is 12.2. The highest BCUT2D eigenvalue weighted by Gasteiger charge is 2.30. The molecule has 2 heterocycles. The van der Waals surface area contributed by atoms with E-state index >= 15 is 0 Å². The average molecular weight is 348 g/mol. The predicted octanol–water partition coefficient (Wildman–Crippen LogP) is 3.91. The van der Waals surface area contributed by atoms with Crippen LogP contribution in [0.4, 0.5) is 5.82 Å². The van der Waals surface area contributed by atoms with Crippen LogP contribution in [0.25, 0.3) is 11.3 Å². The van der Waals surface area contributed by atoms with Crippen LogP contribution < -0.4 is 11.1 Å². The Labute approximate surface area is 150 Å². The average Bonchev–Trinajstić information content (AvgIpc) is 3.05. The number of allylic oxidation sites excluding steroid dienone is 1. The lowest BCUT2D eigenvalue weighted by Crippen LogP contribution is -2.28. The molecule has 1 aromatic heterocycles. The highest BCUT2D eigenvalue weighted by Crippen LogP contribution is 2.36. The molecule has 5 nitrogen and oxygen atoms in total. The van der Waals surface area contributed by atoms with E-state index in [0.717, 1.165) is 22.6 Å². The summed E-state index contributed by atoms with van der Waals surface area (Å²) in [5.74, 6) is 1.10. The van der Waals surface area contributed by atoms with Crippen molar-refractivity contribution in [1.29, 1.82) is 5.26 Å². The van der Waals surface area contributed by atoms with E-state index < -0.39 is 0 Å². The maximum atomic E-state index is 9.59. The summed E-state index contributed by atoms with van der Waals surface area (Å²) in [4.78, 5) is 0. The minimum atomic E-state index is -0.358. The molecule has 1 aliphatic rings. The second kappa shape index (κ2) is 6.00. The van der Waals surface area contributed by atoms with E-state index in [1.165, 1.54) is 0 Å². The Morgan fingerprint density at radius 1 is 1.12 bits per heavy atom. The first kappa shape index (κ1) is 15.3. The van der Waals surface area contributed by atoms with Gasteiger partial charge in [-0.05, 0) is 17.7 Å². The van der Waals surface area contributed by atoms with Gasteiger partial charge in [-0.2, -0.15) is 10.4 Å². The molecule has 1 atom stereocenters. The van der Waals surface area contributed by atoms with Gasteiger partial charge in [0.2, 0.25) is 0 Å². The second-order valence-electron chi connectivity index (χ2n) is 5.74. The van der Waals surface area contributed by atoms with Crippen molar-refractivity contribution in [1.82, 2.24) is 9.78 Å². The van der Waals surface area contributed by atoms with Crippen molar-refractivity contribution in [3.63, 3.8) is 0 Å². The van der Waals surface area contributed by atoms with Gasteiger partial charge in [0.25, 0.3) is 0 Å². The molecule has 0 saturated heterocycles. The molecule has 25 heavy (non-hydrogen) atoms. The van der Waals surface area contributed by atoms with Crippen LogP contribution in [0.5, 0.6) is 0 Å². The zero-order chi connectivity index (χ0) is 17.4. The van der Waals surface area contributed by atoms with Crippen molar-refractivity contribution in [2.75, 3.05) is 5.32 Å². The molecule has 0 fully saturated rings. The van der Waals surface area contributed by atoms with Crippen LogP contribution in [-0.2, 0) is 0 Å². The van der Waals surface area contributed by atoms with Gasteiger partial charge in [-0.15, -0.1) is 0 Å². The Morgan fingerprint density at radius 3 is 2.52 bits per heavy atom. The lowest BCUT2D eigenvalue weighted by Gasteiger charge is -2.26. The van der Waals surface area contributed by atoms with Crippen molar-refractivity contribution in [3.05, 3.63) is 82.6 Å². The lowest BCUT2D eigenvalue weighted by atomic mass is 9.98. The Morgan fingerprint density at radius 2 is 1.84 bits per heavy atom. The third-order valence-electron chi connectivity index (χ3n) is 4.18. The number of hydrogen-bond donors (Lipinski definition) is 2. The van der Waals surface area contributed by atoms with Crippen LogP contribution in [0.15, 0.2) is 72.1 Å². The summed E-state index contributed by atoms with van der Waals surface area (Å²) in [7, 11) is 0. The number of rotatable bonds is 2. The topological polar surface area (TPSA) is 79.7 Å². The van der Waals surface area contributed by atoms with E-state index in [4.69, 9.17) is 22.4 Å². The normalized spacial score (nSPS) is 16.1. The van der Waals surface area contributed by atoms with Crippen LogP contribution in [0.2, 0.25) is 5.02 Å². The van der Waals surface area contributed by atoms with Crippen molar-refractivity contribution < 1.29 is 0 Å². The monoisotopic (exact) mass is 347 g/mol. The molecule has 4 rings (SSSR count). The molecule has 1 unspecified atom stereocenters. The molecule has 0 amide bonds. The fraction of sp³-hybridized carbons (Fsp3) is 0.0526. The van der Waals surface area contributed by atoms with E-state index in [0.29, 0.717) is 16.4 Å². The molecular formula is C19H14ClN5. The van der Waals surface area contributed by atoms with Crippen molar-refractivity contribution >= 4 is 17.4 Å². The van der Waals surface area contributed by atoms with Gasteiger partial charge in [-0.25, -0.2) is 4.68 Å². The van der Waals surface area contributed by atoms with Gasteiger partial charge in [0.15, 0.2) is 0 Å². The summed E-state index contributed by atoms with van der Waals surface area (Å²) >= 11 is 5.96. The van der Waals surface area contributed by atoms with Crippen molar-refractivity contribution in [2.45, 2.75) is 6.04 Å². The van der Waals surface area contributed by atoms with Gasteiger partial charge < -0.3 is 11.1 Å². The van der Waals surface area contributed by atoms with Crippen LogP contribution in [-0.4, -0.2) is 9.78 Å². The highest BCUT2D eigenvalue weighted by molar-refractivity contribution is 6.30. The number of hydrogen-bond acceptors (Lipinski definition) is 4. The minimum Gasteiger partial charge on any atom is -0.384 e. The number of benzene rings is 2. The quantitative estimate of drug-likeness (QED) is 0.736. The van der Waals surface area contributed by atoms with Crippen LogP contribution in [0, 0.1) is 11.3 Å². The second-order valence-corrected chi connectivity index (χ2v) is 6.18. The van der Waals surface area contributed by atoms with E-state index in [9.17, 15) is 5.26 Å².